The van der Waals surface area contributed by atoms with Crippen LogP contribution < -0.4 is 0 Å². The molecule has 1 heterocycles. The van der Waals surface area contributed by atoms with E-state index in [0.717, 1.165) is 5.56 Å². The number of pyridine rings is 1. The van der Waals surface area contributed by atoms with Crippen LogP contribution in [0.15, 0.2) is 42.5 Å². The van der Waals surface area contributed by atoms with Gasteiger partial charge in [0.1, 0.15) is 16.7 Å². The number of benzene rings is 1. The zero-order valence-corrected chi connectivity index (χ0v) is 11.1. The van der Waals surface area contributed by atoms with Gasteiger partial charge in [-0.15, -0.1) is 0 Å². The number of amides is 1. The van der Waals surface area contributed by atoms with Crippen LogP contribution in [0.1, 0.15) is 16.1 Å². The SMILES string of the molecule is CN(Cc1cccc(F)c1)C(=O)c1cccc(Cl)n1. The summed E-state index contributed by atoms with van der Waals surface area (Å²) in [5.41, 5.74) is 0.990. The standard InChI is InChI=1S/C14H12ClFN2O/c1-18(9-10-4-2-5-11(16)8-10)14(19)12-6-3-7-13(15)17-12/h2-8H,9H2,1H3. The lowest BCUT2D eigenvalue weighted by Gasteiger charge is -2.16. The summed E-state index contributed by atoms with van der Waals surface area (Å²) in [5, 5.41) is 0.269. The highest BCUT2D eigenvalue weighted by atomic mass is 35.5. The molecule has 0 saturated heterocycles. The van der Waals surface area contributed by atoms with Gasteiger partial charge in [-0.05, 0) is 29.8 Å². The molecule has 5 heteroatoms. The minimum Gasteiger partial charge on any atom is -0.336 e. The third-order valence-electron chi connectivity index (χ3n) is 2.59. The van der Waals surface area contributed by atoms with Gasteiger partial charge in [-0.2, -0.15) is 0 Å². The molecule has 0 fully saturated rings. The Balaban J connectivity index is 2.12. The Morgan fingerprint density at radius 3 is 2.74 bits per heavy atom. The molecule has 2 aromatic rings. The third kappa shape index (κ3) is 3.51. The summed E-state index contributed by atoms with van der Waals surface area (Å²) >= 11 is 5.74. The van der Waals surface area contributed by atoms with Crippen LogP contribution in [0.2, 0.25) is 5.15 Å². The first-order chi connectivity index (χ1) is 9.06. The molecule has 0 N–H and O–H groups in total. The Labute approximate surface area is 115 Å². The number of carbonyl (C=O) groups excluding carboxylic acids is 1. The highest BCUT2D eigenvalue weighted by molar-refractivity contribution is 6.29. The molecule has 19 heavy (non-hydrogen) atoms. The van der Waals surface area contributed by atoms with Crippen molar-refractivity contribution in [3.63, 3.8) is 0 Å². The van der Waals surface area contributed by atoms with Crippen LogP contribution in [0.5, 0.6) is 0 Å². The molecule has 0 aliphatic carbocycles. The maximum Gasteiger partial charge on any atom is 0.272 e. The van der Waals surface area contributed by atoms with Gasteiger partial charge in [0.25, 0.3) is 5.91 Å². The van der Waals surface area contributed by atoms with Gasteiger partial charge >= 0.3 is 0 Å². The summed E-state index contributed by atoms with van der Waals surface area (Å²) in [7, 11) is 1.63. The monoisotopic (exact) mass is 278 g/mol. The Bertz CT molecular complexity index is 604. The van der Waals surface area contributed by atoms with E-state index in [9.17, 15) is 9.18 Å². The molecule has 1 aromatic carbocycles. The van der Waals surface area contributed by atoms with E-state index in [1.54, 1.807) is 37.4 Å². The molecule has 3 nitrogen and oxygen atoms in total. The number of halogens is 2. The molecule has 0 unspecified atom stereocenters. The van der Waals surface area contributed by atoms with Crippen molar-refractivity contribution in [1.82, 2.24) is 9.88 Å². The molecular weight excluding hydrogens is 267 g/mol. The number of aromatic nitrogens is 1. The molecular formula is C14H12ClFN2O. The summed E-state index contributed by atoms with van der Waals surface area (Å²) in [5.74, 6) is -0.578. The van der Waals surface area contributed by atoms with E-state index in [2.05, 4.69) is 4.98 Å². The second-order valence-corrected chi connectivity index (χ2v) is 4.52. The van der Waals surface area contributed by atoms with Gasteiger partial charge in [-0.1, -0.05) is 29.8 Å². The summed E-state index contributed by atoms with van der Waals surface area (Å²) in [6, 6.07) is 11.0. The van der Waals surface area contributed by atoms with Crippen LogP contribution >= 0.6 is 11.6 Å². The van der Waals surface area contributed by atoms with Crippen molar-refractivity contribution in [2.75, 3.05) is 7.05 Å². The number of hydrogen-bond acceptors (Lipinski definition) is 2. The predicted molar refractivity (Wildman–Crippen MR) is 71.4 cm³/mol. The number of hydrogen-bond donors (Lipinski definition) is 0. The fourth-order valence-corrected chi connectivity index (χ4v) is 1.87. The summed E-state index contributed by atoms with van der Waals surface area (Å²) < 4.78 is 13.1. The summed E-state index contributed by atoms with van der Waals surface area (Å²) in [6.45, 7) is 0.310. The maximum atomic E-state index is 13.1. The zero-order chi connectivity index (χ0) is 13.8. The highest BCUT2D eigenvalue weighted by Crippen LogP contribution is 2.10. The van der Waals surface area contributed by atoms with E-state index in [1.165, 1.54) is 17.0 Å². The topological polar surface area (TPSA) is 33.2 Å². The Morgan fingerprint density at radius 1 is 1.32 bits per heavy atom. The molecule has 1 aromatic heterocycles. The van der Waals surface area contributed by atoms with Crippen LogP contribution in [0.25, 0.3) is 0 Å². The first-order valence-electron chi connectivity index (χ1n) is 5.69. The van der Waals surface area contributed by atoms with Crippen molar-refractivity contribution in [3.8, 4) is 0 Å². The van der Waals surface area contributed by atoms with Gasteiger partial charge in [0.2, 0.25) is 0 Å². The van der Waals surface area contributed by atoms with Crippen molar-refractivity contribution < 1.29 is 9.18 Å². The quantitative estimate of drug-likeness (QED) is 0.808. The van der Waals surface area contributed by atoms with E-state index < -0.39 is 0 Å². The Morgan fingerprint density at radius 2 is 2.05 bits per heavy atom. The van der Waals surface area contributed by atoms with Crippen molar-refractivity contribution >= 4 is 17.5 Å². The maximum absolute atomic E-state index is 13.1. The third-order valence-corrected chi connectivity index (χ3v) is 2.80. The zero-order valence-electron chi connectivity index (χ0n) is 10.3. The molecule has 2 rings (SSSR count). The highest BCUT2D eigenvalue weighted by Gasteiger charge is 2.13. The fourth-order valence-electron chi connectivity index (χ4n) is 1.70. The van der Waals surface area contributed by atoms with E-state index >= 15 is 0 Å². The van der Waals surface area contributed by atoms with Gasteiger partial charge in [-0.3, -0.25) is 4.79 Å². The predicted octanol–water partition coefficient (Wildman–Crippen LogP) is 3.15. The van der Waals surface area contributed by atoms with E-state index in [0.29, 0.717) is 6.54 Å². The average molecular weight is 279 g/mol. The smallest absolute Gasteiger partial charge is 0.272 e. The van der Waals surface area contributed by atoms with Gasteiger partial charge in [0.15, 0.2) is 0 Å². The van der Waals surface area contributed by atoms with Crippen LogP contribution in [0.3, 0.4) is 0 Å². The van der Waals surface area contributed by atoms with E-state index in [1.807, 2.05) is 0 Å². The first-order valence-corrected chi connectivity index (χ1v) is 6.06. The molecule has 0 aliphatic rings. The lowest BCUT2D eigenvalue weighted by molar-refractivity contribution is 0.0779. The lowest BCUT2D eigenvalue weighted by Crippen LogP contribution is -2.27. The largest absolute Gasteiger partial charge is 0.336 e. The molecule has 0 radical (unpaired) electrons. The molecule has 0 aliphatic heterocycles. The molecule has 0 spiro atoms. The van der Waals surface area contributed by atoms with Crippen molar-refractivity contribution in [2.45, 2.75) is 6.54 Å². The van der Waals surface area contributed by atoms with Gasteiger partial charge < -0.3 is 4.90 Å². The molecule has 98 valence electrons. The second kappa shape index (κ2) is 5.80. The number of carbonyl (C=O) groups is 1. The minimum atomic E-state index is -0.320. The van der Waals surface area contributed by atoms with Crippen LogP contribution in [0, 0.1) is 5.82 Å². The van der Waals surface area contributed by atoms with Crippen LogP contribution in [-0.4, -0.2) is 22.8 Å². The van der Waals surface area contributed by atoms with E-state index in [4.69, 9.17) is 11.6 Å². The normalized spacial score (nSPS) is 10.3. The minimum absolute atomic E-state index is 0.258. The van der Waals surface area contributed by atoms with Crippen molar-refractivity contribution in [2.24, 2.45) is 0 Å². The van der Waals surface area contributed by atoms with Gasteiger partial charge in [0.05, 0.1) is 0 Å². The molecule has 0 bridgehead atoms. The summed E-state index contributed by atoms with van der Waals surface area (Å²) in [6.07, 6.45) is 0. The Hall–Kier alpha value is -1.94. The molecule has 0 atom stereocenters. The first kappa shape index (κ1) is 13.5. The summed E-state index contributed by atoms with van der Waals surface area (Å²) in [4.78, 5) is 17.5. The van der Waals surface area contributed by atoms with Crippen LogP contribution in [0.4, 0.5) is 4.39 Å². The Kier molecular flexibility index (Phi) is 4.12. The second-order valence-electron chi connectivity index (χ2n) is 4.14. The van der Waals surface area contributed by atoms with Gasteiger partial charge in [0, 0.05) is 13.6 Å². The molecule has 1 amide bonds. The lowest BCUT2D eigenvalue weighted by atomic mass is 10.2. The van der Waals surface area contributed by atoms with Crippen molar-refractivity contribution in [1.29, 1.82) is 0 Å². The van der Waals surface area contributed by atoms with Crippen molar-refractivity contribution in [3.05, 3.63) is 64.7 Å². The fraction of sp³-hybridized carbons (Fsp3) is 0.143. The number of rotatable bonds is 3. The van der Waals surface area contributed by atoms with Gasteiger partial charge in [-0.25, -0.2) is 9.37 Å². The average Bonchev–Trinajstić information content (AvgIpc) is 2.38. The van der Waals surface area contributed by atoms with Crippen LogP contribution in [-0.2, 0) is 6.54 Å². The molecule has 0 saturated carbocycles. The number of nitrogens with zero attached hydrogens (tertiary/aromatic N) is 2. The van der Waals surface area contributed by atoms with E-state index in [-0.39, 0.29) is 22.6 Å².